The smallest absolute Gasteiger partial charge is 0.370 e. The van der Waals surface area contributed by atoms with Crippen molar-refractivity contribution in [2.45, 2.75) is 12.6 Å². The van der Waals surface area contributed by atoms with Gasteiger partial charge in [-0.05, 0) is 0 Å². The first-order valence-electron chi connectivity index (χ1n) is 2.84. The lowest BCUT2D eigenvalue weighted by Gasteiger charge is -2.03. The number of thioether (sulfide) groups is 1. The maximum Gasteiger partial charge on any atom is 0.397 e. The van der Waals surface area contributed by atoms with Gasteiger partial charge in [0.25, 0.3) is 0 Å². The number of amides is 1. The van der Waals surface area contributed by atoms with E-state index in [1.165, 1.54) is 0 Å². The van der Waals surface area contributed by atoms with E-state index in [4.69, 9.17) is 5.73 Å². The van der Waals surface area contributed by atoms with Crippen LogP contribution in [0.4, 0.5) is 13.2 Å². The van der Waals surface area contributed by atoms with Gasteiger partial charge in [-0.2, -0.15) is 24.9 Å². The Morgan fingerprint density at radius 1 is 1.45 bits per heavy atom. The monoisotopic (exact) mass is 187 g/mol. The Labute approximate surface area is 66.3 Å². The Kier molecular flexibility index (Phi) is 4.32. The summed E-state index contributed by atoms with van der Waals surface area (Å²) in [7, 11) is 0. The number of primary amides is 1. The fourth-order valence-corrected chi connectivity index (χ4v) is 1.08. The second-order valence-corrected chi connectivity index (χ2v) is 2.99. The highest BCUT2D eigenvalue weighted by Crippen LogP contribution is 2.21. The molecule has 0 fully saturated rings. The van der Waals surface area contributed by atoms with Crippen LogP contribution in [-0.4, -0.2) is 23.6 Å². The summed E-state index contributed by atoms with van der Waals surface area (Å²) in [5, 5.41) is 0. The molecule has 0 aromatic carbocycles. The quantitative estimate of drug-likeness (QED) is 0.671. The van der Waals surface area contributed by atoms with Crippen LogP contribution in [0.25, 0.3) is 0 Å². The number of halogens is 3. The zero-order valence-corrected chi connectivity index (χ0v) is 6.47. The van der Waals surface area contributed by atoms with E-state index in [2.05, 4.69) is 0 Å². The molecule has 0 aliphatic carbocycles. The van der Waals surface area contributed by atoms with Gasteiger partial charge in [-0.3, -0.25) is 4.79 Å². The van der Waals surface area contributed by atoms with Gasteiger partial charge in [0.15, 0.2) is 0 Å². The molecule has 0 atom stereocenters. The molecule has 0 aromatic heterocycles. The first-order valence-corrected chi connectivity index (χ1v) is 4.00. The molecule has 66 valence electrons. The van der Waals surface area contributed by atoms with E-state index in [0.29, 0.717) is 11.8 Å². The zero-order valence-electron chi connectivity index (χ0n) is 5.65. The molecule has 0 bridgehead atoms. The molecule has 1 amide bonds. The summed E-state index contributed by atoms with van der Waals surface area (Å²) in [6.45, 7) is 0. The van der Waals surface area contributed by atoms with E-state index in [-0.39, 0.29) is 12.2 Å². The number of alkyl halides is 3. The molecular formula is C5H8F3NOS. The van der Waals surface area contributed by atoms with Crippen LogP contribution in [0.15, 0.2) is 0 Å². The summed E-state index contributed by atoms with van der Waals surface area (Å²) < 4.78 is 34.3. The third-order valence-corrected chi connectivity index (χ3v) is 1.78. The van der Waals surface area contributed by atoms with Crippen molar-refractivity contribution in [1.82, 2.24) is 0 Å². The van der Waals surface area contributed by atoms with Crippen LogP contribution >= 0.6 is 11.8 Å². The lowest BCUT2D eigenvalue weighted by atomic mass is 10.5. The highest BCUT2D eigenvalue weighted by Gasteiger charge is 2.26. The van der Waals surface area contributed by atoms with Gasteiger partial charge in [-0.1, -0.05) is 0 Å². The van der Waals surface area contributed by atoms with Crippen molar-refractivity contribution in [3.63, 3.8) is 0 Å². The van der Waals surface area contributed by atoms with E-state index < -0.39 is 17.8 Å². The van der Waals surface area contributed by atoms with E-state index in [1.807, 2.05) is 0 Å². The topological polar surface area (TPSA) is 43.1 Å². The third-order valence-electron chi connectivity index (χ3n) is 0.759. The summed E-state index contributed by atoms with van der Waals surface area (Å²) in [6, 6.07) is 0. The van der Waals surface area contributed by atoms with Gasteiger partial charge in [0.1, 0.15) is 0 Å². The van der Waals surface area contributed by atoms with Gasteiger partial charge < -0.3 is 5.73 Å². The third kappa shape index (κ3) is 9.61. The largest absolute Gasteiger partial charge is 0.397 e. The van der Waals surface area contributed by atoms with E-state index >= 15 is 0 Å². The van der Waals surface area contributed by atoms with Gasteiger partial charge in [-0.15, -0.1) is 0 Å². The van der Waals surface area contributed by atoms with E-state index in [1.54, 1.807) is 0 Å². The lowest BCUT2D eigenvalue weighted by Crippen LogP contribution is -2.14. The SMILES string of the molecule is NC(=O)CCSCC(F)(F)F. The van der Waals surface area contributed by atoms with Crippen molar-refractivity contribution in [2.24, 2.45) is 5.73 Å². The van der Waals surface area contributed by atoms with Crippen LogP contribution in [0.1, 0.15) is 6.42 Å². The average Bonchev–Trinajstić information content (AvgIpc) is 1.78. The van der Waals surface area contributed by atoms with Crippen LogP contribution in [0, 0.1) is 0 Å². The first kappa shape index (κ1) is 10.6. The second kappa shape index (κ2) is 4.48. The molecule has 0 radical (unpaired) electrons. The normalized spacial score (nSPS) is 11.5. The van der Waals surface area contributed by atoms with Crippen molar-refractivity contribution in [1.29, 1.82) is 0 Å². The van der Waals surface area contributed by atoms with E-state index in [0.717, 1.165) is 0 Å². The Morgan fingerprint density at radius 2 is 2.00 bits per heavy atom. The molecule has 0 aliphatic rings. The predicted octanol–water partition coefficient (Wildman–Crippen LogP) is 1.16. The van der Waals surface area contributed by atoms with E-state index in [9.17, 15) is 18.0 Å². The van der Waals surface area contributed by atoms with Gasteiger partial charge >= 0.3 is 6.18 Å². The minimum atomic E-state index is -4.15. The second-order valence-electron chi connectivity index (χ2n) is 1.88. The van der Waals surface area contributed by atoms with Crippen LogP contribution in [0.5, 0.6) is 0 Å². The number of carbonyl (C=O) groups is 1. The summed E-state index contributed by atoms with van der Waals surface area (Å²) in [6.07, 6.45) is -4.15. The van der Waals surface area contributed by atoms with Gasteiger partial charge in [-0.25, -0.2) is 0 Å². The van der Waals surface area contributed by atoms with Gasteiger partial charge in [0.05, 0.1) is 5.75 Å². The molecule has 0 spiro atoms. The number of hydrogen-bond donors (Lipinski definition) is 1. The molecular weight excluding hydrogens is 179 g/mol. The molecule has 6 heteroatoms. The number of rotatable bonds is 4. The Hall–Kier alpha value is -0.390. The summed E-state index contributed by atoms with van der Waals surface area (Å²) in [4.78, 5) is 10.1. The molecule has 11 heavy (non-hydrogen) atoms. The highest BCUT2D eigenvalue weighted by molar-refractivity contribution is 7.99. The average molecular weight is 187 g/mol. The van der Waals surface area contributed by atoms with Crippen LogP contribution in [-0.2, 0) is 4.79 Å². The van der Waals surface area contributed by atoms with Crippen molar-refractivity contribution in [3.05, 3.63) is 0 Å². The maximum atomic E-state index is 11.4. The Morgan fingerprint density at radius 3 is 2.36 bits per heavy atom. The molecule has 2 nitrogen and oxygen atoms in total. The van der Waals surface area contributed by atoms with Crippen molar-refractivity contribution >= 4 is 17.7 Å². The molecule has 0 heterocycles. The number of hydrogen-bond acceptors (Lipinski definition) is 2. The highest BCUT2D eigenvalue weighted by atomic mass is 32.2. The molecule has 2 N–H and O–H groups in total. The Balaban J connectivity index is 3.22. The van der Waals surface area contributed by atoms with Crippen LogP contribution in [0.2, 0.25) is 0 Å². The van der Waals surface area contributed by atoms with Crippen molar-refractivity contribution < 1.29 is 18.0 Å². The maximum absolute atomic E-state index is 11.4. The van der Waals surface area contributed by atoms with Crippen molar-refractivity contribution in [2.75, 3.05) is 11.5 Å². The predicted molar refractivity (Wildman–Crippen MR) is 37.2 cm³/mol. The minimum Gasteiger partial charge on any atom is -0.370 e. The molecule has 0 saturated heterocycles. The molecule has 0 unspecified atom stereocenters. The minimum absolute atomic E-state index is 0.000741. The zero-order chi connectivity index (χ0) is 8.91. The van der Waals surface area contributed by atoms with Crippen LogP contribution in [0.3, 0.4) is 0 Å². The number of nitrogens with two attached hydrogens (primary N) is 1. The fraction of sp³-hybridized carbons (Fsp3) is 0.800. The Bertz CT molecular complexity index is 136. The summed E-state index contributed by atoms with van der Waals surface area (Å²) in [5.41, 5.74) is 4.71. The van der Waals surface area contributed by atoms with Crippen molar-refractivity contribution in [3.8, 4) is 0 Å². The molecule has 0 aromatic rings. The summed E-state index contributed by atoms with van der Waals surface area (Å²) in [5.74, 6) is -1.35. The molecule has 0 rings (SSSR count). The first-order chi connectivity index (χ1) is 4.92. The lowest BCUT2D eigenvalue weighted by molar-refractivity contribution is -0.117. The standard InChI is InChI=1S/C5H8F3NOS/c6-5(7,8)3-11-2-1-4(9)10/h1-3H2,(H2,9,10). The molecule has 0 saturated carbocycles. The number of carbonyl (C=O) groups excluding carboxylic acids is 1. The van der Waals surface area contributed by atoms with Crippen LogP contribution < -0.4 is 5.73 Å². The van der Waals surface area contributed by atoms with Gasteiger partial charge in [0.2, 0.25) is 5.91 Å². The molecule has 0 aliphatic heterocycles. The van der Waals surface area contributed by atoms with Gasteiger partial charge in [0, 0.05) is 12.2 Å². The fourth-order valence-electron chi connectivity index (χ4n) is 0.361. The summed E-state index contributed by atoms with van der Waals surface area (Å²) >= 11 is 0.663.